The summed E-state index contributed by atoms with van der Waals surface area (Å²) in [7, 11) is 5.82. The smallest absolute Gasteiger partial charge is 0.223 e. The minimum Gasteiger partial charge on any atom is -0.375 e. The summed E-state index contributed by atoms with van der Waals surface area (Å²) in [5.74, 6) is -2.17. The standard InChI is InChI=1S/C17H14FN3O.2C17H16FN3.C16H12FN3O/c1-11(22)21(2)14-6-3-12-4-7-15(20-16(12)9-14)13-5-8-17(18)19-10-13;2*1-3-21(2)14-7-4-12-5-8-15(20-16(12)10-14)13-6-9-17(18)19-11-13;1-10(21)19-13-5-2-11-3-6-14(20-15(11)8-13)12-4-7-16(17)18-9-12/h3-10H,1-2H3;2*4-11H,3H2,1-2H3;2-9H,1H3,(H,19,21). The SMILES string of the molecule is CC(=O)N(C)c1ccc2ccc(-c3ccc(F)nc3)nc2c1.CC(=O)Nc1ccc2ccc(-c3ccc(F)nc3)nc2c1.CCN(C)c1ccc2ccc(-c3ccc(F)nc3)nc2c1.CCN(C)c1ccc2ccc(-c3ccc(F)nc3)nc2c1. The number of carbonyl (C=O) groups is 2. The Hall–Kier alpha value is -10.6. The van der Waals surface area contributed by atoms with Crippen LogP contribution < -0.4 is 20.0 Å². The first kappa shape index (κ1) is 59.0. The van der Waals surface area contributed by atoms with Crippen LogP contribution in [0, 0.1) is 23.8 Å². The average molecular weight is 1140 g/mol. The Morgan fingerprint density at radius 3 is 0.976 bits per heavy atom. The van der Waals surface area contributed by atoms with E-state index in [0.717, 1.165) is 107 Å². The molecule has 0 bridgehead atoms. The Morgan fingerprint density at radius 2 is 0.682 bits per heavy atom. The molecular weight excluding hydrogens is 1080 g/mol. The van der Waals surface area contributed by atoms with Gasteiger partial charge in [-0.1, -0.05) is 48.5 Å². The van der Waals surface area contributed by atoms with Gasteiger partial charge in [0.2, 0.25) is 35.6 Å². The van der Waals surface area contributed by atoms with Crippen molar-refractivity contribution in [2.45, 2.75) is 27.7 Å². The molecule has 0 aliphatic heterocycles. The maximum atomic E-state index is 12.9. The molecule has 0 radical (unpaired) electrons. The molecule has 8 heterocycles. The van der Waals surface area contributed by atoms with Crippen LogP contribution in [0.4, 0.5) is 40.3 Å². The minimum absolute atomic E-state index is 0.0433. The van der Waals surface area contributed by atoms with E-state index in [1.165, 1.54) is 62.9 Å². The number of rotatable bonds is 10. The molecule has 0 saturated heterocycles. The van der Waals surface area contributed by atoms with Crippen LogP contribution in [0.5, 0.6) is 0 Å². The molecule has 12 aromatic rings. The fourth-order valence-corrected chi connectivity index (χ4v) is 8.70. The zero-order valence-corrected chi connectivity index (χ0v) is 47.6. The zero-order chi connectivity index (χ0) is 60.1. The molecule has 0 unspecified atom stereocenters. The highest BCUT2D eigenvalue weighted by atomic mass is 19.1. The summed E-state index contributed by atoms with van der Waals surface area (Å²) in [6, 6.07) is 51.1. The lowest BCUT2D eigenvalue weighted by Crippen LogP contribution is -2.22. The first-order valence-electron chi connectivity index (χ1n) is 27.1. The molecule has 8 aromatic heterocycles. The van der Waals surface area contributed by atoms with Gasteiger partial charge in [0.05, 0.1) is 44.8 Å². The monoisotopic (exact) mass is 1140 g/mol. The molecular formula is C67H58F4N12O2. The lowest BCUT2D eigenvalue weighted by atomic mass is 10.1. The highest BCUT2D eigenvalue weighted by Crippen LogP contribution is 2.29. The van der Waals surface area contributed by atoms with Gasteiger partial charge in [-0.3, -0.25) is 9.59 Å². The number of nitrogens with zero attached hydrogens (tertiary/aromatic N) is 11. The molecule has 1 N–H and O–H groups in total. The van der Waals surface area contributed by atoms with Gasteiger partial charge in [0.15, 0.2) is 0 Å². The number of hydrogen-bond acceptors (Lipinski definition) is 12. The third kappa shape index (κ3) is 15.1. The lowest BCUT2D eigenvalue weighted by Gasteiger charge is -2.17. The van der Waals surface area contributed by atoms with Gasteiger partial charge in [0, 0.05) is 139 Å². The normalized spacial score (nSPS) is 10.7. The van der Waals surface area contributed by atoms with Crippen LogP contribution in [0.3, 0.4) is 0 Å². The molecule has 85 heavy (non-hydrogen) atoms. The Morgan fingerprint density at radius 1 is 0.388 bits per heavy atom. The van der Waals surface area contributed by atoms with Crippen LogP contribution >= 0.6 is 0 Å². The summed E-state index contributed by atoms with van der Waals surface area (Å²) >= 11 is 0. The molecule has 18 heteroatoms. The van der Waals surface area contributed by atoms with Crippen molar-refractivity contribution in [3.63, 3.8) is 0 Å². The average Bonchev–Trinajstić information content (AvgIpc) is 3.61. The highest BCUT2D eigenvalue weighted by molar-refractivity contribution is 5.95. The topological polar surface area (TPSA) is 159 Å². The molecule has 14 nitrogen and oxygen atoms in total. The molecule has 4 aromatic carbocycles. The minimum atomic E-state index is -0.521. The van der Waals surface area contributed by atoms with Crippen molar-refractivity contribution >= 4 is 78.2 Å². The fraction of sp³-hybridized carbons (Fsp3) is 0.134. The van der Waals surface area contributed by atoms with Crippen LogP contribution in [0.2, 0.25) is 0 Å². The van der Waals surface area contributed by atoms with Crippen molar-refractivity contribution in [1.29, 1.82) is 0 Å². The molecule has 426 valence electrons. The van der Waals surface area contributed by atoms with Gasteiger partial charge in [-0.15, -0.1) is 0 Å². The summed E-state index contributed by atoms with van der Waals surface area (Å²) in [5, 5.41) is 6.83. The van der Waals surface area contributed by atoms with Crippen LogP contribution in [0.1, 0.15) is 27.7 Å². The summed E-state index contributed by atoms with van der Waals surface area (Å²) in [6.45, 7) is 9.06. The van der Waals surface area contributed by atoms with E-state index in [2.05, 4.69) is 119 Å². The van der Waals surface area contributed by atoms with Crippen molar-refractivity contribution < 1.29 is 27.2 Å². The van der Waals surface area contributed by atoms with E-state index in [-0.39, 0.29) is 11.8 Å². The second kappa shape index (κ2) is 27.0. The van der Waals surface area contributed by atoms with Gasteiger partial charge in [0.25, 0.3) is 0 Å². The van der Waals surface area contributed by atoms with E-state index < -0.39 is 23.8 Å². The van der Waals surface area contributed by atoms with Gasteiger partial charge >= 0.3 is 0 Å². The van der Waals surface area contributed by atoms with Gasteiger partial charge in [-0.05, 0) is 135 Å². The van der Waals surface area contributed by atoms with Crippen LogP contribution in [-0.4, -0.2) is 85.9 Å². The quantitative estimate of drug-likeness (QED) is 0.102. The molecule has 0 fully saturated rings. The second-order valence-corrected chi connectivity index (χ2v) is 19.6. The summed E-state index contributed by atoms with van der Waals surface area (Å²) in [6.07, 6.45) is 5.91. The number of halogens is 4. The van der Waals surface area contributed by atoms with Crippen LogP contribution in [-0.2, 0) is 9.59 Å². The number of amides is 2. The largest absolute Gasteiger partial charge is 0.375 e. The van der Waals surface area contributed by atoms with E-state index >= 15 is 0 Å². The molecule has 2 amide bonds. The molecule has 0 aliphatic rings. The van der Waals surface area contributed by atoms with Crippen molar-refractivity contribution in [3.8, 4) is 45.0 Å². The maximum Gasteiger partial charge on any atom is 0.223 e. The Bertz CT molecular complexity index is 4180. The van der Waals surface area contributed by atoms with Gasteiger partial charge < -0.3 is 20.0 Å². The lowest BCUT2D eigenvalue weighted by molar-refractivity contribution is -0.116. The summed E-state index contributed by atoms with van der Waals surface area (Å²) in [5.41, 5.74) is 13.2. The summed E-state index contributed by atoms with van der Waals surface area (Å²) in [4.78, 5) is 61.5. The van der Waals surface area contributed by atoms with Crippen molar-refractivity contribution in [1.82, 2.24) is 39.9 Å². The third-order valence-corrected chi connectivity index (χ3v) is 13.8. The number of aromatic nitrogens is 8. The van der Waals surface area contributed by atoms with E-state index in [0.29, 0.717) is 17.1 Å². The van der Waals surface area contributed by atoms with E-state index in [1.54, 1.807) is 42.3 Å². The highest BCUT2D eigenvalue weighted by Gasteiger charge is 2.11. The first-order valence-corrected chi connectivity index (χ1v) is 27.1. The number of anilines is 4. The molecule has 0 atom stereocenters. The number of benzene rings is 4. The predicted octanol–water partition coefficient (Wildman–Crippen LogP) is 14.6. The number of fused-ring (bicyclic) bond motifs is 4. The van der Waals surface area contributed by atoms with Gasteiger partial charge in [-0.2, -0.15) is 17.6 Å². The Kier molecular flexibility index (Phi) is 18.7. The van der Waals surface area contributed by atoms with Crippen LogP contribution in [0.25, 0.3) is 88.6 Å². The Balaban J connectivity index is 0.000000136. The first-order chi connectivity index (χ1) is 41.0. The number of hydrogen-bond donors (Lipinski definition) is 1. The van der Waals surface area contributed by atoms with Gasteiger partial charge in [-0.25, -0.2) is 39.9 Å². The van der Waals surface area contributed by atoms with Crippen LogP contribution in [0.15, 0.2) is 195 Å². The molecule has 0 saturated carbocycles. The van der Waals surface area contributed by atoms with Crippen molar-refractivity contribution in [2.75, 3.05) is 54.2 Å². The third-order valence-electron chi connectivity index (χ3n) is 13.8. The maximum absolute atomic E-state index is 12.9. The molecule has 0 spiro atoms. The van der Waals surface area contributed by atoms with E-state index in [1.807, 2.05) is 78.9 Å². The van der Waals surface area contributed by atoms with E-state index in [9.17, 15) is 27.2 Å². The van der Waals surface area contributed by atoms with Gasteiger partial charge in [0.1, 0.15) is 0 Å². The number of pyridine rings is 8. The Labute approximate surface area is 488 Å². The fourth-order valence-electron chi connectivity index (χ4n) is 8.70. The second-order valence-electron chi connectivity index (χ2n) is 19.6. The number of nitrogens with one attached hydrogen (secondary N) is 1. The van der Waals surface area contributed by atoms with Crippen molar-refractivity contribution in [3.05, 3.63) is 218 Å². The molecule has 12 rings (SSSR count). The molecule has 0 aliphatic carbocycles. The summed E-state index contributed by atoms with van der Waals surface area (Å²) < 4.78 is 51.6. The zero-order valence-electron chi connectivity index (χ0n) is 47.6. The number of carbonyl (C=O) groups excluding carboxylic acids is 2. The van der Waals surface area contributed by atoms with E-state index in [4.69, 9.17) is 0 Å². The van der Waals surface area contributed by atoms with Crippen molar-refractivity contribution in [2.24, 2.45) is 0 Å². The predicted molar refractivity (Wildman–Crippen MR) is 331 cm³/mol.